The molecule has 1 aromatic heterocycles. The molecule has 0 radical (unpaired) electrons. The molecule has 3 aromatic rings. The van der Waals surface area contributed by atoms with Gasteiger partial charge in [0.05, 0.1) is 5.41 Å². The Hall–Kier alpha value is -3.23. The highest BCUT2D eigenvalue weighted by Gasteiger charge is 2.42. The van der Waals surface area contributed by atoms with Gasteiger partial charge in [-0.3, -0.25) is 19.7 Å². The molecule has 2 aromatic carbocycles. The zero-order valence-electron chi connectivity index (χ0n) is 17.9. The van der Waals surface area contributed by atoms with E-state index in [1.54, 1.807) is 41.8 Å². The molecule has 9 heteroatoms. The second kappa shape index (κ2) is 9.72. The molecule has 1 saturated heterocycles. The van der Waals surface area contributed by atoms with E-state index in [9.17, 15) is 14.4 Å². The van der Waals surface area contributed by atoms with Gasteiger partial charge in [-0.15, -0.1) is 11.3 Å². The highest BCUT2D eigenvalue weighted by atomic mass is 35.5. The summed E-state index contributed by atoms with van der Waals surface area (Å²) in [4.78, 5) is 41.0. The average molecular weight is 484 g/mol. The van der Waals surface area contributed by atoms with E-state index in [4.69, 9.17) is 16.3 Å². The third-order valence-electron chi connectivity index (χ3n) is 5.73. The van der Waals surface area contributed by atoms with Crippen LogP contribution in [0.15, 0.2) is 53.9 Å². The van der Waals surface area contributed by atoms with Gasteiger partial charge >= 0.3 is 0 Å². The number of hydrogen-bond acceptors (Lipinski definition) is 6. The second-order valence-electron chi connectivity index (χ2n) is 7.71. The van der Waals surface area contributed by atoms with E-state index in [-0.39, 0.29) is 24.3 Å². The van der Waals surface area contributed by atoms with E-state index in [0.717, 1.165) is 5.56 Å². The third kappa shape index (κ3) is 5.07. The van der Waals surface area contributed by atoms with Crippen LogP contribution in [0.5, 0.6) is 5.75 Å². The average Bonchev–Trinajstić information content (AvgIpc) is 3.29. The normalized spacial score (nSPS) is 18.0. The topological polar surface area (TPSA) is 97.4 Å². The molecule has 4 rings (SSSR count). The zero-order valence-corrected chi connectivity index (χ0v) is 19.5. The van der Waals surface area contributed by atoms with E-state index >= 15 is 0 Å². The lowest BCUT2D eigenvalue weighted by Gasteiger charge is -2.35. The minimum atomic E-state index is -0.732. The number of thiazole rings is 1. The molecule has 1 fully saturated rings. The summed E-state index contributed by atoms with van der Waals surface area (Å²) in [6.45, 7) is 2.18. The summed E-state index contributed by atoms with van der Waals surface area (Å²) in [5, 5.41) is 8.25. The van der Waals surface area contributed by atoms with Gasteiger partial charge in [-0.05, 0) is 54.8 Å². The van der Waals surface area contributed by atoms with E-state index in [2.05, 4.69) is 15.6 Å². The minimum Gasteiger partial charge on any atom is -0.486 e. The number of halogens is 1. The van der Waals surface area contributed by atoms with Gasteiger partial charge in [-0.1, -0.05) is 30.7 Å². The van der Waals surface area contributed by atoms with Crippen LogP contribution < -0.4 is 15.4 Å². The molecule has 0 spiro atoms. The monoisotopic (exact) mass is 483 g/mol. The van der Waals surface area contributed by atoms with Crippen LogP contribution >= 0.6 is 22.9 Å². The predicted octanol–water partition coefficient (Wildman–Crippen LogP) is 4.71. The smallest absolute Gasteiger partial charge is 0.275 e. The number of nitrogens with one attached hydrogen (secondary N) is 2. The Morgan fingerprint density at radius 3 is 2.58 bits per heavy atom. The number of hydrogen-bond donors (Lipinski definition) is 2. The first-order chi connectivity index (χ1) is 15.9. The number of nitrogens with zero attached hydrogens (tertiary/aromatic N) is 1. The number of rotatable bonds is 7. The number of imide groups is 1. The molecule has 1 aliphatic rings. The summed E-state index contributed by atoms with van der Waals surface area (Å²) in [5.41, 5.74) is 0.983. The van der Waals surface area contributed by atoms with Gasteiger partial charge in [0, 0.05) is 22.5 Å². The Kier molecular flexibility index (Phi) is 6.76. The van der Waals surface area contributed by atoms with Crippen LogP contribution in [0.2, 0.25) is 5.02 Å². The molecule has 0 bridgehead atoms. The lowest BCUT2D eigenvalue weighted by atomic mass is 9.72. The number of anilines is 1. The fourth-order valence-corrected chi connectivity index (χ4v) is 4.60. The first-order valence-electron chi connectivity index (χ1n) is 10.5. The van der Waals surface area contributed by atoms with Crippen LogP contribution in [-0.2, 0) is 21.6 Å². The van der Waals surface area contributed by atoms with Gasteiger partial charge < -0.3 is 10.1 Å². The number of carbonyl (C=O) groups is 3. The number of aromatic nitrogens is 1. The largest absolute Gasteiger partial charge is 0.486 e. The lowest BCUT2D eigenvalue weighted by Crippen LogP contribution is -2.51. The molecule has 33 heavy (non-hydrogen) atoms. The van der Waals surface area contributed by atoms with E-state index in [0.29, 0.717) is 46.4 Å². The van der Waals surface area contributed by atoms with Crippen molar-refractivity contribution in [3.63, 3.8) is 0 Å². The Labute approximate surface area is 200 Å². The van der Waals surface area contributed by atoms with Crippen molar-refractivity contribution in [3.8, 4) is 5.75 Å². The maximum Gasteiger partial charge on any atom is 0.275 e. The first-order valence-corrected chi connectivity index (χ1v) is 11.7. The van der Waals surface area contributed by atoms with E-state index in [1.165, 1.54) is 11.3 Å². The molecule has 1 aliphatic heterocycles. The van der Waals surface area contributed by atoms with Crippen molar-refractivity contribution in [1.29, 1.82) is 0 Å². The third-order valence-corrected chi connectivity index (χ3v) is 6.80. The molecule has 2 heterocycles. The highest BCUT2D eigenvalue weighted by Crippen LogP contribution is 2.36. The number of ether oxygens (including phenoxy) is 1. The van der Waals surface area contributed by atoms with Crippen molar-refractivity contribution in [2.45, 2.75) is 38.2 Å². The van der Waals surface area contributed by atoms with Crippen LogP contribution in [0.3, 0.4) is 0 Å². The van der Waals surface area contributed by atoms with Gasteiger partial charge in [0.2, 0.25) is 11.8 Å². The molecule has 0 aliphatic carbocycles. The number of benzene rings is 2. The quantitative estimate of drug-likeness (QED) is 0.474. The highest BCUT2D eigenvalue weighted by molar-refractivity contribution is 7.09. The van der Waals surface area contributed by atoms with Crippen molar-refractivity contribution in [2.24, 2.45) is 0 Å². The molecule has 2 N–H and O–H groups in total. The predicted molar refractivity (Wildman–Crippen MR) is 127 cm³/mol. The van der Waals surface area contributed by atoms with Gasteiger partial charge in [0.1, 0.15) is 23.1 Å². The van der Waals surface area contributed by atoms with Crippen molar-refractivity contribution in [3.05, 3.63) is 75.2 Å². The van der Waals surface area contributed by atoms with Crippen molar-refractivity contribution >= 4 is 46.3 Å². The maximum absolute atomic E-state index is 12.6. The zero-order chi connectivity index (χ0) is 23.4. The van der Waals surface area contributed by atoms with Crippen molar-refractivity contribution in [2.75, 3.05) is 5.32 Å². The number of amides is 3. The van der Waals surface area contributed by atoms with Crippen LogP contribution in [0.1, 0.15) is 47.2 Å². The molecule has 1 unspecified atom stereocenters. The summed E-state index contributed by atoms with van der Waals surface area (Å²) in [6, 6.07) is 14.2. The van der Waals surface area contributed by atoms with Gasteiger partial charge in [-0.2, -0.15) is 0 Å². The van der Waals surface area contributed by atoms with E-state index in [1.807, 2.05) is 19.1 Å². The van der Waals surface area contributed by atoms with Crippen molar-refractivity contribution < 1.29 is 19.1 Å². The Bertz CT molecular complexity index is 1180. The molecule has 3 amide bonds. The number of piperidine rings is 1. The van der Waals surface area contributed by atoms with Crippen LogP contribution in [0, 0.1) is 0 Å². The molecule has 0 saturated carbocycles. The van der Waals surface area contributed by atoms with Gasteiger partial charge in [0.15, 0.2) is 0 Å². The summed E-state index contributed by atoms with van der Waals surface area (Å²) < 4.78 is 5.67. The lowest BCUT2D eigenvalue weighted by molar-refractivity contribution is -0.138. The molecule has 170 valence electrons. The summed E-state index contributed by atoms with van der Waals surface area (Å²) in [7, 11) is 0. The van der Waals surface area contributed by atoms with Crippen molar-refractivity contribution in [1.82, 2.24) is 10.3 Å². The standard InChI is InChI=1S/C24H22ClN3O4S/c1-2-24(12-11-20(29)28-23(24)31)15-3-7-17(8-4-15)26-22(30)19-14-33-21(27-19)13-32-18-9-5-16(25)6-10-18/h3-10,14H,2,11-13H2,1H3,(H,26,30)(H,28,29,31). The van der Waals surface area contributed by atoms with Crippen LogP contribution in [0.25, 0.3) is 0 Å². The fraction of sp³-hybridized carbons (Fsp3) is 0.250. The summed E-state index contributed by atoms with van der Waals surface area (Å²) in [6.07, 6.45) is 1.36. The Morgan fingerprint density at radius 2 is 1.91 bits per heavy atom. The molecule has 1 atom stereocenters. The van der Waals surface area contributed by atoms with Crippen LogP contribution in [0.4, 0.5) is 5.69 Å². The molecule has 7 nitrogen and oxygen atoms in total. The second-order valence-corrected chi connectivity index (χ2v) is 9.09. The minimum absolute atomic E-state index is 0.242. The molecular weight excluding hydrogens is 462 g/mol. The van der Waals surface area contributed by atoms with Gasteiger partial charge in [0.25, 0.3) is 5.91 Å². The van der Waals surface area contributed by atoms with Gasteiger partial charge in [-0.25, -0.2) is 4.98 Å². The first kappa shape index (κ1) is 22.9. The Balaban J connectivity index is 1.38. The maximum atomic E-state index is 12.6. The summed E-state index contributed by atoms with van der Waals surface area (Å²) >= 11 is 7.21. The SMILES string of the molecule is CCC1(c2ccc(NC(=O)c3csc(COc4ccc(Cl)cc4)n3)cc2)CCC(=O)NC1=O. The fourth-order valence-electron chi connectivity index (χ4n) is 3.79. The van der Waals surface area contributed by atoms with Crippen LogP contribution in [-0.4, -0.2) is 22.7 Å². The molecular formula is C24H22ClN3O4S. The summed E-state index contributed by atoms with van der Waals surface area (Å²) in [5.74, 6) is -0.174. The Morgan fingerprint density at radius 1 is 1.18 bits per heavy atom. The van der Waals surface area contributed by atoms with E-state index < -0.39 is 5.41 Å². The number of carbonyl (C=O) groups excluding carboxylic acids is 3.